The van der Waals surface area contributed by atoms with E-state index in [9.17, 15) is 4.79 Å². The van der Waals surface area contributed by atoms with E-state index < -0.39 is 0 Å². The molecule has 0 spiro atoms. The molecule has 0 atom stereocenters. The van der Waals surface area contributed by atoms with Gasteiger partial charge in [0.25, 0.3) is 0 Å². The van der Waals surface area contributed by atoms with E-state index in [4.69, 9.17) is 4.74 Å². The van der Waals surface area contributed by atoms with Crippen molar-refractivity contribution in [3.63, 3.8) is 0 Å². The van der Waals surface area contributed by atoms with Gasteiger partial charge < -0.3 is 9.22 Å². The Morgan fingerprint density at radius 3 is 2.05 bits per heavy atom. The van der Waals surface area contributed by atoms with Crippen LogP contribution in [-0.4, -0.2) is 43.7 Å². The highest BCUT2D eigenvalue weighted by Crippen LogP contribution is 2.16. The Morgan fingerprint density at radius 2 is 1.62 bits per heavy atom. The Bertz CT molecular complexity index is 476. The highest BCUT2D eigenvalue weighted by molar-refractivity contribution is 5.93. The zero-order valence-electron chi connectivity index (χ0n) is 14.0. The number of esters is 1. The highest BCUT2D eigenvalue weighted by Gasteiger charge is 2.26. The molecule has 0 bridgehead atoms. The van der Waals surface area contributed by atoms with Crippen LogP contribution in [0.15, 0.2) is 29.8 Å². The Balaban J connectivity index is 3.11. The van der Waals surface area contributed by atoms with E-state index >= 15 is 0 Å². The molecule has 1 aromatic carbocycles. The van der Waals surface area contributed by atoms with Crippen molar-refractivity contribution >= 4 is 12.0 Å². The average Bonchev–Trinajstić information content (AvgIpc) is 2.53. The number of quaternary nitrogens is 1. The molecule has 0 aliphatic heterocycles. The van der Waals surface area contributed by atoms with Crippen LogP contribution in [0.1, 0.15) is 31.9 Å². The van der Waals surface area contributed by atoms with Gasteiger partial charge in [0.1, 0.15) is 6.54 Å². The highest BCUT2D eigenvalue weighted by atomic mass is 16.5. The Morgan fingerprint density at radius 1 is 1.10 bits per heavy atom. The van der Waals surface area contributed by atoms with Gasteiger partial charge in [-0.05, 0) is 39.3 Å². The molecule has 0 heterocycles. The van der Waals surface area contributed by atoms with Crippen LogP contribution in [0.2, 0.25) is 0 Å². The summed E-state index contributed by atoms with van der Waals surface area (Å²) < 4.78 is 5.87. The van der Waals surface area contributed by atoms with Crippen LogP contribution in [0, 0.1) is 6.92 Å². The minimum absolute atomic E-state index is 0.228. The number of hydrogen-bond acceptors (Lipinski definition) is 2. The molecule has 21 heavy (non-hydrogen) atoms. The normalized spacial score (nSPS) is 12.3. The summed E-state index contributed by atoms with van der Waals surface area (Å²) in [7, 11) is 1.45. The van der Waals surface area contributed by atoms with Crippen LogP contribution >= 0.6 is 0 Å². The smallest absolute Gasteiger partial charge is 0.339 e. The third-order valence-corrected chi connectivity index (χ3v) is 4.38. The lowest BCUT2D eigenvalue weighted by atomic mass is 10.1. The maximum Gasteiger partial charge on any atom is 0.339 e. The third-order valence-electron chi connectivity index (χ3n) is 4.38. The average molecular weight is 290 g/mol. The van der Waals surface area contributed by atoms with E-state index in [0.29, 0.717) is 6.54 Å². The van der Waals surface area contributed by atoms with Gasteiger partial charge in [0.05, 0.1) is 32.3 Å². The van der Waals surface area contributed by atoms with Gasteiger partial charge in [-0.3, -0.25) is 0 Å². The van der Waals surface area contributed by atoms with E-state index in [1.54, 1.807) is 0 Å². The molecule has 0 saturated heterocycles. The Hall–Kier alpha value is -1.61. The summed E-state index contributed by atoms with van der Waals surface area (Å²) in [5, 5.41) is 0. The van der Waals surface area contributed by atoms with Gasteiger partial charge >= 0.3 is 5.97 Å². The number of aryl methyl sites for hydroxylation is 1. The second-order valence-corrected chi connectivity index (χ2v) is 5.52. The quantitative estimate of drug-likeness (QED) is 0.437. The number of benzene rings is 1. The van der Waals surface area contributed by atoms with Gasteiger partial charge in [-0.1, -0.05) is 29.8 Å². The molecule has 0 aliphatic carbocycles. The first-order valence-corrected chi connectivity index (χ1v) is 7.70. The van der Waals surface area contributed by atoms with Crippen molar-refractivity contribution in [2.45, 2.75) is 27.7 Å². The lowest BCUT2D eigenvalue weighted by molar-refractivity contribution is -0.918. The summed E-state index contributed by atoms with van der Waals surface area (Å²) in [6, 6.07) is 8.19. The van der Waals surface area contributed by atoms with Crippen molar-refractivity contribution < 1.29 is 14.0 Å². The standard InChI is InChI=1S/C18H28NO2/c1-6-19(7-2,8-3)14-17(18(20)21-5)13-16-11-9-15(4)10-12-16/h9-13H,6-8,14H2,1-5H3/q+1/b17-13-. The minimum Gasteiger partial charge on any atom is -0.465 e. The second kappa shape index (κ2) is 7.99. The van der Waals surface area contributed by atoms with Gasteiger partial charge in [0.2, 0.25) is 0 Å². The SMILES string of the molecule is CC[N+](CC)(CC)C/C(=C/c1ccc(C)cc1)C(=O)OC. The first kappa shape index (κ1) is 17.4. The van der Waals surface area contributed by atoms with Crippen molar-refractivity contribution in [3.05, 3.63) is 41.0 Å². The maximum atomic E-state index is 12.1. The predicted octanol–water partition coefficient (Wildman–Crippen LogP) is 3.43. The molecular weight excluding hydrogens is 262 g/mol. The lowest BCUT2D eigenvalue weighted by Crippen LogP contribution is -2.49. The van der Waals surface area contributed by atoms with Gasteiger partial charge in [0.15, 0.2) is 0 Å². The summed E-state index contributed by atoms with van der Waals surface area (Å²) >= 11 is 0. The summed E-state index contributed by atoms with van der Waals surface area (Å²) in [6.45, 7) is 12.3. The Kier molecular flexibility index (Phi) is 6.63. The van der Waals surface area contributed by atoms with Crippen LogP contribution in [0.3, 0.4) is 0 Å². The number of likely N-dealkylation sites (N-methyl/N-ethyl adjacent to an activating group) is 1. The molecule has 0 unspecified atom stereocenters. The van der Waals surface area contributed by atoms with Crippen molar-refractivity contribution in [1.82, 2.24) is 0 Å². The van der Waals surface area contributed by atoms with Crippen LogP contribution < -0.4 is 0 Å². The maximum absolute atomic E-state index is 12.1. The van der Waals surface area contributed by atoms with Gasteiger partial charge in [-0.2, -0.15) is 0 Å². The van der Waals surface area contributed by atoms with E-state index in [1.165, 1.54) is 12.7 Å². The van der Waals surface area contributed by atoms with Crippen molar-refractivity contribution in [3.8, 4) is 0 Å². The number of carbonyl (C=O) groups is 1. The van der Waals surface area contributed by atoms with E-state index in [1.807, 2.05) is 18.2 Å². The molecule has 116 valence electrons. The number of rotatable bonds is 7. The largest absolute Gasteiger partial charge is 0.465 e. The molecule has 0 fully saturated rings. The van der Waals surface area contributed by atoms with Crippen molar-refractivity contribution in [2.24, 2.45) is 0 Å². The van der Waals surface area contributed by atoms with E-state index in [2.05, 4.69) is 39.8 Å². The van der Waals surface area contributed by atoms with Gasteiger partial charge in [-0.15, -0.1) is 0 Å². The monoisotopic (exact) mass is 290 g/mol. The number of nitrogens with zero attached hydrogens (tertiary/aromatic N) is 1. The zero-order valence-corrected chi connectivity index (χ0v) is 14.0. The molecule has 0 N–H and O–H groups in total. The van der Waals surface area contributed by atoms with Crippen LogP contribution in [0.5, 0.6) is 0 Å². The van der Waals surface area contributed by atoms with Crippen molar-refractivity contribution in [1.29, 1.82) is 0 Å². The summed E-state index contributed by atoms with van der Waals surface area (Å²) in [5.74, 6) is -0.228. The van der Waals surface area contributed by atoms with Crippen LogP contribution in [0.25, 0.3) is 6.08 Å². The Labute approximate surface area is 128 Å². The first-order valence-electron chi connectivity index (χ1n) is 7.70. The number of hydrogen-bond donors (Lipinski definition) is 0. The summed E-state index contributed by atoms with van der Waals surface area (Å²) in [6.07, 6.45) is 1.96. The topological polar surface area (TPSA) is 26.3 Å². The third kappa shape index (κ3) is 4.71. The van der Waals surface area contributed by atoms with E-state index in [-0.39, 0.29) is 5.97 Å². The fourth-order valence-corrected chi connectivity index (χ4v) is 2.53. The fraction of sp³-hybridized carbons (Fsp3) is 0.500. The molecule has 0 aliphatic rings. The van der Waals surface area contributed by atoms with Crippen LogP contribution in [0.4, 0.5) is 0 Å². The minimum atomic E-state index is -0.228. The predicted molar refractivity (Wildman–Crippen MR) is 87.9 cm³/mol. The molecule has 3 nitrogen and oxygen atoms in total. The van der Waals surface area contributed by atoms with Gasteiger partial charge in [-0.25, -0.2) is 4.79 Å². The zero-order chi connectivity index (χ0) is 15.9. The van der Waals surface area contributed by atoms with E-state index in [0.717, 1.165) is 35.3 Å². The summed E-state index contributed by atoms with van der Waals surface area (Å²) in [4.78, 5) is 12.1. The second-order valence-electron chi connectivity index (χ2n) is 5.52. The lowest BCUT2D eigenvalue weighted by Gasteiger charge is -2.36. The number of ether oxygens (including phenoxy) is 1. The molecule has 1 aromatic rings. The molecule has 0 radical (unpaired) electrons. The molecule has 0 amide bonds. The summed E-state index contributed by atoms with van der Waals surface area (Å²) in [5.41, 5.74) is 3.00. The van der Waals surface area contributed by atoms with Crippen molar-refractivity contribution in [2.75, 3.05) is 33.3 Å². The number of carbonyl (C=O) groups excluding carboxylic acids is 1. The first-order chi connectivity index (χ1) is 10.00. The van der Waals surface area contributed by atoms with Gasteiger partial charge in [0, 0.05) is 0 Å². The molecule has 3 heteroatoms. The molecule has 0 aromatic heterocycles. The molecule has 1 rings (SSSR count). The van der Waals surface area contributed by atoms with Crippen LogP contribution in [-0.2, 0) is 9.53 Å². The number of methoxy groups -OCH3 is 1. The molecular formula is C18H28NO2+. The fourth-order valence-electron chi connectivity index (χ4n) is 2.53. The molecule has 0 saturated carbocycles.